The molecule has 1 aliphatic rings. The first-order chi connectivity index (χ1) is 9.38. The molecule has 2 N–H and O–H groups in total. The second-order valence-electron chi connectivity index (χ2n) is 4.83. The Balaban J connectivity index is 2.00. The molecular weight excluding hydrogens is 284 g/mol. The first kappa shape index (κ1) is 15.4. The van der Waals surface area contributed by atoms with Crippen LogP contribution in [0, 0.1) is 6.92 Å². The lowest BCUT2D eigenvalue weighted by Gasteiger charge is -2.30. The van der Waals surface area contributed by atoms with E-state index in [0.29, 0.717) is 12.8 Å². The number of benzene rings is 1. The van der Waals surface area contributed by atoms with Gasteiger partial charge in [-0.15, -0.1) is 0 Å². The Bertz CT molecular complexity index is 538. The number of aliphatic hydroxyl groups excluding tert-OH is 2. The summed E-state index contributed by atoms with van der Waals surface area (Å²) in [5.41, 5.74) is 0.943. The minimum atomic E-state index is -3.89. The Morgan fingerprint density at radius 1 is 1.25 bits per heavy atom. The summed E-state index contributed by atoms with van der Waals surface area (Å²) in [6.07, 6.45) is -2.01. The molecule has 0 aliphatic carbocycles. The number of hydrogen-bond acceptors (Lipinski definition) is 6. The van der Waals surface area contributed by atoms with Crippen LogP contribution in [-0.4, -0.2) is 43.7 Å². The van der Waals surface area contributed by atoms with E-state index in [9.17, 15) is 18.6 Å². The van der Waals surface area contributed by atoms with E-state index in [-0.39, 0.29) is 11.5 Å². The normalized spacial score (nSPS) is 27.4. The molecule has 0 amide bonds. The standard InChI is InChI=1S/C13H18O6S/c1-9-2-4-10(5-3-9)20(16,17)18-8-12-11(14)6-7-13(15)19-12/h2-5,11-15H,6-8H2,1H3/t11-,12+,13+/m0/s1. The number of aryl methyl sites for hydroxylation is 1. The van der Waals surface area contributed by atoms with Gasteiger partial charge in [-0.3, -0.25) is 4.18 Å². The van der Waals surface area contributed by atoms with Gasteiger partial charge >= 0.3 is 0 Å². The van der Waals surface area contributed by atoms with Crippen LogP contribution >= 0.6 is 0 Å². The van der Waals surface area contributed by atoms with E-state index in [1.165, 1.54) is 12.1 Å². The van der Waals surface area contributed by atoms with Gasteiger partial charge in [-0.25, -0.2) is 0 Å². The third-order valence-electron chi connectivity index (χ3n) is 3.17. The lowest BCUT2D eigenvalue weighted by molar-refractivity contribution is -0.205. The van der Waals surface area contributed by atoms with Gasteiger partial charge in [-0.2, -0.15) is 8.42 Å². The topological polar surface area (TPSA) is 93.1 Å². The summed E-state index contributed by atoms with van der Waals surface area (Å²) in [5.74, 6) is 0. The molecule has 2 rings (SSSR count). The van der Waals surface area contributed by atoms with Gasteiger partial charge < -0.3 is 14.9 Å². The maximum atomic E-state index is 12.0. The molecule has 0 radical (unpaired) electrons. The molecule has 112 valence electrons. The molecule has 0 spiro atoms. The van der Waals surface area contributed by atoms with Crippen LogP contribution in [0.2, 0.25) is 0 Å². The van der Waals surface area contributed by atoms with Crippen LogP contribution < -0.4 is 0 Å². The van der Waals surface area contributed by atoms with Crippen molar-refractivity contribution in [1.82, 2.24) is 0 Å². The van der Waals surface area contributed by atoms with Crippen molar-refractivity contribution in [2.45, 2.75) is 43.2 Å². The van der Waals surface area contributed by atoms with Gasteiger partial charge in [0.25, 0.3) is 10.1 Å². The van der Waals surface area contributed by atoms with E-state index in [1.807, 2.05) is 6.92 Å². The van der Waals surface area contributed by atoms with Crippen LogP contribution in [0.15, 0.2) is 29.2 Å². The number of rotatable bonds is 4. The minimum Gasteiger partial charge on any atom is -0.390 e. The van der Waals surface area contributed by atoms with Crippen molar-refractivity contribution in [1.29, 1.82) is 0 Å². The maximum Gasteiger partial charge on any atom is 0.297 e. The third kappa shape index (κ3) is 3.77. The van der Waals surface area contributed by atoms with Crippen molar-refractivity contribution in [3.05, 3.63) is 29.8 Å². The van der Waals surface area contributed by atoms with E-state index in [4.69, 9.17) is 8.92 Å². The van der Waals surface area contributed by atoms with Crippen molar-refractivity contribution in [3.8, 4) is 0 Å². The van der Waals surface area contributed by atoms with Crippen molar-refractivity contribution in [2.24, 2.45) is 0 Å². The van der Waals surface area contributed by atoms with Crippen molar-refractivity contribution < 1.29 is 27.6 Å². The zero-order valence-electron chi connectivity index (χ0n) is 11.1. The molecule has 1 heterocycles. The van der Waals surface area contributed by atoms with E-state index in [2.05, 4.69) is 0 Å². The van der Waals surface area contributed by atoms with Crippen LogP contribution in [0.5, 0.6) is 0 Å². The molecule has 1 aromatic carbocycles. The highest BCUT2D eigenvalue weighted by molar-refractivity contribution is 7.86. The molecule has 6 nitrogen and oxygen atoms in total. The average Bonchev–Trinajstić information content (AvgIpc) is 2.40. The summed E-state index contributed by atoms with van der Waals surface area (Å²) in [6.45, 7) is 1.53. The molecule has 1 aromatic rings. The van der Waals surface area contributed by atoms with Crippen LogP contribution in [0.1, 0.15) is 18.4 Å². The highest BCUT2D eigenvalue weighted by Gasteiger charge is 2.30. The van der Waals surface area contributed by atoms with Crippen LogP contribution in [-0.2, 0) is 19.0 Å². The monoisotopic (exact) mass is 302 g/mol. The van der Waals surface area contributed by atoms with Crippen molar-refractivity contribution in [2.75, 3.05) is 6.61 Å². The molecule has 0 bridgehead atoms. The Labute approximate surface area is 118 Å². The zero-order chi connectivity index (χ0) is 14.8. The highest BCUT2D eigenvalue weighted by Crippen LogP contribution is 2.20. The number of ether oxygens (including phenoxy) is 1. The van der Waals surface area contributed by atoms with Crippen LogP contribution in [0.25, 0.3) is 0 Å². The molecular formula is C13H18O6S. The van der Waals surface area contributed by atoms with Gasteiger partial charge in [0, 0.05) is 6.42 Å². The Hall–Kier alpha value is -0.990. The Kier molecular flexibility index (Phi) is 4.77. The van der Waals surface area contributed by atoms with Crippen LogP contribution in [0.3, 0.4) is 0 Å². The predicted octanol–water partition coefficient (Wildman–Crippen LogP) is 0.559. The largest absolute Gasteiger partial charge is 0.390 e. The summed E-state index contributed by atoms with van der Waals surface area (Å²) < 4.78 is 33.9. The van der Waals surface area contributed by atoms with Gasteiger partial charge in [-0.1, -0.05) is 17.7 Å². The van der Waals surface area contributed by atoms with Crippen molar-refractivity contribution >= 4 is 10.1 Å². The van der Waals surface area contributed by atoms with Gasteiger partial charge in [0.2, 0.25) is 0 Å². The quantitative estimate of drug-likeness (QED) is 0.789. The summed E-state index contributed by atoms with van der Waals surface area (Å²) in [7, 11) is -3.89. The average molecular weight is 302 g/mol. The highest BCUT2D eigenvalue weighted by atomic mass is 32.2. The first-order valence-electron chi connectivity index (χ1n) is 6.36. The smallest absolute Gasteiger partial charge is 0.297 e. The fourth-order valence-electron chi connectivity index (χ4n) is 1.94. The summed E-state index contributed by atoms with van der Waals surface area (Å²) in [5, 5.41) is 19.0. The van der Waals surface area contributed by atoms with Gasteiger partial charge in [0.15, 0.2) is 6.29 Å². The van der Waals surface area contributed by atoms with Gasteiger partial charge in [-0.05, 0) is 25.5 Å². The Morgan fingerprint density at radius 3 is 2.55 bits per heavy atom. The second kappa shape index (κ2) is 6.19. The Morgan fingerprint density at radius 2 is 1.90 bits per heavy atom. The molecule has 1 aliphatic heterocycles. The molecule has 0 saturated carbocycles. The van der Waals surface area contributed by atoms with Crippen LogP contribution in [0.4, 0.5) is 0 Å². The van der Waals surface area contributed by atoms with Gasteiger partial charge in [0.05, 0.1) is 17.6 Å². The van der Waals surface area contributed by atoms with E-state index >= 15 is 0 Å². The number of hydrogen-bond donors (Lipinski definition) is 2. The predicted molar refractivity (Wildman–Crippen MR) is 70.4 cm³/mol. The first-order valence-corrected chi connectivity index (χ1v) is 7.77. The zero-order valence-corrected chi connectivity index (χ0v) is 11.9. The SMILES string of the molecule is Cc1ccc(S(=O)(=O)OC[C@H]2O[C@@H](O)CC[C@@H]2O)cc1. The maximum absolute atomic E-state index is 12.0. The van der Waals surface area contributed by atoms with E-state index in [0.717, 1.165) is 5.56 Å². The van der Waals surface area contributed by atoms with E-state index in [1.54, 1.807) is 12.1 Å². The minimum absolute atomic E-state index is 0.0500. The second-order valence-corrected chi connectivity index (χ2v) is 6.44. The van der Waals surface area contributed by atoms with E-state index < -0.39 is 28.6 Å². The molecule has 7 heteroatoms. The summed E-state index contributed by atoms with van der Waals surface area (Å²) in [4.78, 5) is 0.0500. The van der Waals surface area contributed by atoms with Gasteiger partial charge in [0.1, 0.15) is 6.10 Å². The fraction of sp³-hybridized carbons (Fsp3) is 0.538. The molecule has 1 fully saturated rings. The molecule has 0 unspecified atom stereocenters. The third-order valence-corrected chi connectivity index (χ3v) is 4.46. The van der Waals surface area contributed by atoms with Crippen molar-refractivity contribution in [3.63, 3.8) is 0 Å². The lowest BCUT2D eigenvalue weighted by Crippen LogP contribution is -2.42. The molecule has 0 aromatic heterocycles. The molecule has 20 heavy (non-hydrogen) atoms. The summed E-state index contributed by atoms with van der Waals surface area (Å²) in [6, 6.07) is 6.26. The number of aliphatic hydroxyl groups is 2. The lowest BCUT2D eigenvalue weighted by atomic mass is 10.1. The summed E-state index contributed by atoms with van der Waals surface area (Å²) >= 11 is 0. The fourth-order valence-corrected chi connectivity index (χ4v) is 2.86. The molecule has 1 saturated heterocycles. The molecule has 3 atom stereocenters.